The summed E-state index contributed by atoms with van der Waals surface area (Å²) in [6.45, 7) is 3.80. The summed E-state index contributed by atoms with van der Waals surface area (Å²) in [5.74, 6) is 0. The van der Waals surface area contributed by atoms with Crippen LogP contribution in [0.5, 0.6) is 0 Å². The first-order valence-corrected chi connectivity index (χ1v) is 8.89. The van der Waals surface area contributed by atoms with E-state index in [9.17, 15) is 8.42 Å². The van der Waals surface area contributed by atoms with Gasteiger partial charge in [-0.15, -0.1) is 0 Å². The maximum atomic E-state index is 12.9. The first-order valence-electron chi connectivity index (χ1n) is 7.45. The van der Waals surface area contributed by atoms with Crippen molar-refractivity contribution >= 4 is 15.7 Å². The molecule has 118 valence electrons. The molecule has 0 aromatic heterocycles. The lowest BCUT2D eigenvalue weighted by Gasteiger charge is -2.31. The number of nitrogens with one attached hydrogen (secondary N) is 1. The van der Waals surface area contributed by atoms with Crippen molar-refractivity contribution < 1.29 is 13.2 Å². The molecule has 1 heterocycles. The Bertz CT molecular complexity index is 560. The number of para-hydroxylation sites is 1. The third-order valence-corrected chi connectivity index (χ3v) is 5.67. The van der Waals surface area contributed by atoms with Crippen molar-refractivity contribution in [1.82, 2.24) is 4.31 Å². The molecule has 1 saturated heterocycles. The number of hydrogen-bond acceptors (Lipinski definition) is 4. The zero-order valence-electron chi connectivity index (χ0n) is 12.7. The van der Waals surface area contributed by atoms with Gasteiger partial charge in [0.15, 0.2) is 0 Å². The average molecular weight is 312 g/mol. The summed E-state index contributed by atoms with van der Waals surface area (Å²) >= 11 is 0. The standard InChI is InChI=1S/C15H24N2O3S/c1-3-10-16-14-8-4-5-9-15(14)21(18,19)17-11-6-7-13(12-17)20-2/h4-5,8-9,13,16H,3,6-7,10-12H2,1-2H3. The highest BCUT2D eigenvalue weighted by Gasteiger charge is 2.31. The van der Waals surface area contributed by atoms with Gasteiger partial charge in [-0.2, -0.15) is 4.31 Å². The van der Waals surface area contributed by atoms with E-state index in [1.807, 2.05) is 12.1 Å². The predicted octanol–water partition coefficient (Wildman–Crippen LogP) is 2.31. The van der Waals surface area contributed by atoms with E-state index in [1.54, 1.807) is 19.2 Å². The van der Waals surface area contributed by atoms with Gasteiger partial charge in [-0.25, -0.2) is 8.42 Å². The van der Waals surface area contributed by atoms with Crippen LogP contribution in [-0.4, -0.2) is 45.6 Å². The van der Waals surface area contributed by atoms with Crippen LogP contribution in [0.3, 0.4) is 0 Å². The van der Waals surface area contributed by atoms with Crippen molar-refractivity contribution in [2.75, 3.05) is 32.1 Å². The van der Waals surface area contributed by atoms with Crippen LogP contribution < -0.4 is 5.32 Å². The van der Waals surface area contributed by atoms with Crippen molar-refractivity contribution in [3.05, 3.63) is 24.3 Å². The van der Waals surface area contributed by atoms with Gasteiger partial charge in [-0.3, -0.25) is 0 Å². The van der Waals surface area contributed by atoms with Crippen molar-refractivity contribution in [2.24, 2.45) is 0 Å². The van der Waals surface area contributed by atoms with Gasteiger partial charge in [-0.1, -0.05) is 19.1 Å². The Kier molecular flexibility index (Phi) is 5.61. The molecule has 0 saturated carbocycles. The van der Waals surface area contributed by atoms with Crippen LogP contribution in [0.2, 0.25) is 0 Å². The minimum Gasteiger partial charge on any atom is -0.384 e. The van der Waals surface area contributed by atoms with Gasteiger partial charge in [0, 0.05) is 26.7 Å². The summed E-state index contributed by atoms with van der Waals surface area (Å²) in [5, 5.41) is 3.20. The number of ether oxygens (including phenoxy) is 1. The molecule has 1 aliphatic rings. The zero-order chi connectivity index (χ0) is 15.3. The molecule has 0 aliphatic carbocycles. The highest BCUT2D eigenvalue weighted by Crippen LogP contribution is 2.27. The third kappa shape index (κ3) is 3.75. The third-order valence-electron chi connectivity index (χ3n) is 3.74. The fourth-order valence-electron chi connectivity index (χ4n) is 2.55. The summed E-state index contributed by atoms with van der Waals surface area (Å²) in [4.78, 5) is 0.357. The molecule has 1 atom stereocenters. The lowest BCUT2D eigenvalue weighted by Crippen LogP contribution is -2.42. The molecule has 0 spiro atoms. The molecule has 1 aromatic rings. The van der Waals surface area contributed by atoms with E-state index in [0.29, 0.717) is 23.7 Å². The maximum absolute atomic E-state index is 12.9. The molecular weight excluding hydrogens is 288 g/mol. The molecule has 2 rings (SSSR count). The van der Waals surface area contributed by atoms with E-state index in [2.05, 4.69) is 12.2 Å². The quantitative estimate of drug-likeness (QED) is 0.876. The van der Waals surface area contributed by atoms with Crippen LogP contribution in [0.15, 0.2) is 29.2 Å². The molecule has 1 fully saturated rings. The van der Waals surface area contributed by atoms with E-state index in [-0.39, 0.29) is 6.10 Å². The number of benzene rings is 1. The lowest BCUT2D eigenvalue weighted by molar-refractivity contribution is 0.0572. The maximum Gasteiger partial charge on any atom is 0.245 e. The van der Waals surface area contributed by atoms with E-state index < -0.39 is 10.0 Å². The second-order valence-electron chi connectivity index (χ2n) is 5.29. The average Bonchev–Trinajstić information content (AvgIpc) is 2.53. The molecule has 5 nitrogen and oxygen atoms in total. The number of anilines is 1. The summed E-state index contributed by atoms with van der Waals surface area (Å²) in [7, 11) is -1.84. The summed E-state index contributed by atoms with van der Waals surface area (Å²) < 4.78 is 32.6. The van der Waals surface area contributed by atoms with Crippen molar-refractivity contribution in [3.63, 3.8) is 0 Å². The topological polar surface area (TPSA) is 58.6 Å². The summed E-state index contributed by atoms with van der Waals surface area (Å²) in [6, 6.07) is 7.11. The van der Waals surface area contributed by atoms with Gasteiger partial charge in [-0.05, 0) is 31.4 Å². The first kappa shape index (κ1) is 16.3. The van der Waals surface area contributed by atoms with Crippen LogP contribution >= 0.6 is 0 Å². The Labute approximate surface area is 127 Å². The van der Waals surface area contributed by atoms with Gasteiger partial charge in [0.25, 0.3) is 0 Å². The minimum atomic E-state index is -3.48. The van der Waals surface area contributed by atoms with E-state index >= 15 is 0 Å². The van der Waals surface area contributed by atoms with Gasteiger partial charge < -0.3 is 10.1 Å². The molecule has 1 N–H and O–H groups in total. The first-order chi connectivity index (χ1) is 10.1. The van der Waals surface area contributed by atoms with Crippen molar-refractivity contribution in [3.8, 4) is 0 Å². The Hall–Kier alpha value is -1.11. The van der Waals surface area contributed by atoms with E-state index in [0.717, 1.165) is 25.8 Å². The number of nitrogens with zero attached hydrogens (tertiary/aromatic N) is 1. The normalized spacial score (nSPS) is 20.4. The van der Waals surface area contributed by atoms with Crippen LogP contribution in [0.4, 0.5) is 5.69 Å². The SMILES string of the molecule is CCCNc1ccccc1S(=O)(=O)N1CCCC(OC)C1. The Morgan fingerprint density at radius 3 is 2.86 bits per heavy atom. The minimum absolute atomic E-state index is 0.00992. The largest absolute Gasteiger partial charge is 0.384 e. The number of piperidine rings is 1. The van der Waals surface area contributed by atoms with Gasteiger partial charge in [0.1, 0.15) is 4.90 Å². The predicted molar refractivity (Wildman–Crippen MR) is 84.0 cm³/mol. The van der Waals surface area contributed by atoms with Gasteiger partial charge in [0.05, 0.1) is 11.8 Å². The van der Waals surface area contributed by atoms with Crippen molar-refractivity contribution in [1.29, 1.82) is 0 Å². The molecule has 21 heavy (non-hydrogen) atoms. The number of methoxy groups -OCH3 is 1. The highest BCUT2D eigenvalue weighted by atomic mass is 32.2. The summed E-state index contributed by atoms with van der Waals surface area (Å²) in [5.41, 5.74) is 0.680. The van der Waals surface area contributed by atoms with Crippen LogP contribution in [0, 0.1) is 0 Å². The Morgan fingerprint density at radius 2 is 2.14 bits per heavy atom. The lowest BCUT2D eigenvalue weighted by atomic mass is 10.1. The fraction of sp³-hybridized carbons (Fsp3) is 0.600. The molecule has 1 unspecified atom stereocenters. The van der Waals surface area contributed by atoms with Crippen LogP contribution in [0.1, 0.15) is 26.2 Å². The molecule has 1 aromatic carbocycles. The second kappa shape index (κ2) is 7.24. The van der Waals surface area contributed by atoms with E-state index in [4.69, 9.17) is 4.74 Å². The molecule has 6 heteroatoms. The van der Waals surface area contributed by atoms with Crippen LogP contribution in [0.25, 0.3) is 0 Å². The molecule has 0 radical (unpaired) electrons. The number of sulfonamides is 1. The van der Waals surface area contributed by atoms with Gasteiger partial charge >= 0.3 is 0 Å². The molecule has 1 aliphatic heterocycles. The Morgan fingerprint density at radius 1 is 1.38 bits per heavy atom. The Balaban J connectivity index is 2.26. The second-order valence-corrected chi connectivity index (χ2v) is 7.19. The highest BCUT2D eigenvalue weighted by molar-refractivity contribution is 7.89. The van der Waals surface area contributed by atoms with Crippen molar-refractivity contribution in [2.45, 2.75) is 37.2 Å². The molecule has 0 amide bonds. The van der Waals surface area contributed by atoms with Crippen LogP contribution in [-0.2, 0) is 14.8 Å². The van der Waals surface area contributed by atoms with E-state index in [1.165, 1.54) is 4.31 Å². The fourth-order valence-corrected chi connectivity index (χ4v) is 4.23. The molecular formula is C15H24N2O3S. The smallest absolute Gasteiger partial charge is 0.245 e. The summed E-state index contributed by atoms with van der Waals surface area (Å²) in [6.07, 6.45) is 2.69. The zero-order valence-corrected chi connectivity index (χ0v) is 13.5. The number of hydrogen-bond donors (Lipinski definition) is 1. The number of rotatable bonds is 6. The van der Waals surface area contributed by atoms with Gasteiger partial charge in [0.2, 0.25) is 10.0 Å². The molecule has 0 bridgehead atoms. The monoisotopic (exact) mass is 312 g/mol.